The van der Waals surface area contributed by atoms with Gasteiger partial charge in [-0.15, -0.1) is 0 Å². The first-order valence-electron chi connectivity index (χ1n) is 13.3. The van der Waals surface area contributed by atoms with E-state index in [0.717, 1.165) is 70.8 Å². The quantitative estimate of drug-likeness (QED) is 0.566. The van der Waals surface area contributed by atoms with Crippen molar-refractivity contribution in [3.8, 4) is 5.75 Å². The highest BCUT2D eigenvalue weighted by Crippen LogP contribution is 2.60. The highest BCUT2D eigenvalue weighted by atomic mass is 16.5. The number of ether oxygens (including phenoxy) is 1. The molecule has 0 radical (unpaired) electrons. The van der Waals surface area contributed by atoms with Crippen LogP contribution in [0.3, 0.4) is 0 Å². The molecule has 2 aliphatic heterocycles. The van der Waals surface area contributed by atoms with Crippen LogP contribution in [0.2, 0.25) is 0 Å². The summed E-state index contributed by atoms with van der Waals surface area (Å²) in [5.41, 5.74) is 1.35. The molecule has 5 rings (SSSR count). The first kappa shape index (κ1) is 24.6. The van der Waals surface area contributed by atoms with Gasteiger partial charge in [-0.05, 0) is 42.4 Å². The number of likely N-dealkylation sites (tertiary alicyclic amines) is 1. The molecule has 1 atom stereocenters. The summed E-state index contributed by atoms with van der Waals surface area (Å²) in [7, 11) is 0. The smallest absolute Gasteiger partial charge is 0.226 e. The Hall–Kier alpha value is -3.12. The van der Waals surface area contributed by atoms with Gasteiger partial charge in [-0.1, -0.05) is 60.7 Å². The maximum atomic E-state index is 13.2. The van der Waals surface area contributed by atoms with Gasteiger partial charge >= 0.3 is 0 Å². The number of piperidine rings is 1. The van der Waals surface area contributed by atoms with Crippen molar-refractivity contribution in [1.29, 1.82) is 0 Å². The molecule has 3 aliphatic rings. The minimum absolute atomic E-state index is 0.129. The predicted octanol–water partition coefficient (Wildman–Crippen LogP) is 3.94. The lowest BCUT2D eigenvalue weighted by atomic mass is 9.90. The number of benzene rings is 2. The van der Waals surface area contributed by atoms with Crippen LogP contribution in [0.5, 0.6) is 5.75 Å². The minimum Gasteiger partial charge on any atom is -0.493 e. The summed E-state index contributed by atoms with van der Waals surface area (Å²) < 4.78 is 5.68. The lowest BCUT2D eigenvalue weighted by molar-refractivity contribution is -0.136. The van der Waals surface area contributed by atoms with Gasteiger partial charge in [0.1, 0.15) is 5.75 Å². The summed E-state index contributed by atoms with van der Waals surface area (Å²) in [6.45, 7) is 6.33. The summed E-state index contributed by atoms with van der Waals surface area (Å²) in [5, 5.41) is 0. The molecule has 190 valence electrons. The van der Waals surface area contributed by atoms with Gasteiger partial charge < -0.3 is 14.5 Å². The fraction of sp³-hybridized carbons (Fsp3) is 0.467. The Balaban J connectivity index is 1.00. The molecule has 1 saturated carbocycles. The van der Waals surface area contributed by atoms with Crippen LogP contribution >= 0.6 is 0 Å². The maximum Gasteiger partial charge on any atom is 0.226 e. The summed E-state index contributed by atoms with van der Waals surface area (Å²) in [5.74, 6) is 1.44. The molecule has 0 bridgehead atoms. The second kappa shape index (κ2) is 11.3. The van der Waals surface area contributed by atoms with E-state index in [1.165, 1.54) is 5.56 Å². The topological polar surface area (TPSA) is 53.1 Å². The van der Waals surface area contributed by atoms with E-state index in [0.29, 0.717) is 18.9 Å². The number of hydrogen-bond acceptors (Lipinski definition) is 4. The van der Waals surface area contributed by atoms with E-state index in [-0.39, 0.29) is 17.2 Å². The molecule has 1 aliphatic carbocycles. The third kappa shape index (κ3) is 5.98. The van der Waals surface area contributed by atoms with Gasteiger partial charge in [0.25, 0.3) is 0 Å². The van der Waals surface area contributed by atoms with Crippen LogP contribution in [0.25, 0.3) is 6.08 Å². The van der Waals surface area contributed by atoms with Gasteiger partial charge in [-0.25, -0.2) is 0 Å². The zero-order valence-corrected chi connectivity index (χ0v) is 21.1. The van der Waals surface area contributed by atoms with Crippen LogP contribution in [-0.4, -0.2) is 78.9 Å². The van der Waals surface area contributed by atoms with Crippen molar-refractivity contribution in [2.45, 2.75) is 25.7 Å². The minimum atomic E-state index is 0.129. The molecule has 6 nitrogen and oxygen atoms in total. The monoisotopic (exact) mass is 487 g/mol. The molecular formula is C30H37N3O3. The van der Waals surface area contributed by atoms with Gasteiger partial charge in [0.05, 0.1) is 13.0 Å². The zero-order valence-electron chi connectivity index (χ0n) is 21.1. The van der Waals surface area contributed by atoms with Crippen molar-refractivity contribution in [2.24, 2.45) is 11.3 Å². The summed E-state index contributed by atoms with van der Waals surface area (Å²) >= 11 is 0. The van der Waals surface area contributed by atoms with E-state index in [1.54, 1.807) is 0 Å². The summed E-state index contributed by atoms with van der Waals surface area (Å²) in [4.78, 5) is 32.3. The summed E-state index contributed by atoms with van der Waals surface area (Å²) in [6.07, 6.45) is 7.66. The van der Waals surface area contributed by atoms with Crippen LogP contribution in [0.1, 0.15) is 31.2 Å². The lowest BCUT2D eigenvalue weighted by Crippen LogP contribution is -2.49. The van der Waals surface area contributed by atoms with Crippen molar-refractivity contribution in [1.82, 2.24) is 14.7 Å². The fourth-order valence-corrected chi connectivity index (χ4v) is 5.66. The molecule has 0 aromatic heterocycles. The van der Waals surface area contributed by atoms with E-state index >= 15 is 0 Å². The second-order valence-corrected chi connectivity index (χ2v) is 10.4. The van der Waals surface area contributed by atoms with Crippen molar-refractivity contribution in [3.63, 3.8) is 0 Å². The Morgan fingerprint density at radius 2 is 1.53 bits per heavy atom. The van der Waals surface area contributed by atoms with Crippen molar-refractivity contribution in [2.75, 3.05) is 52.4 Å². The van der Waals surface area contributed by atoms with Gasteiger partial charge in [-0.3, -0.25) is 14.5 Å². The molecule has 1 unspecified atom stereocenters. The van der Waals surface area contributed by atoms with Gasteiger partial charge in [-0.2, -0.15) is 0 Å². The number of carbonyl (C=O) groups excluding carboxylic acids is 2. The Bertz CT molecular complexity index is 1040. The van der Waals surface area contributed by atoms with Gasteiger partial charge in [0, 0.05) is 51.7 Å². The largest absolute Gasteiger partial charge is 0.493 e. The van der Waals surface area contributed by atoms with Crippen LogP contribution in [-0.2, 0) is 9.59 Å². The molecule has 3 fully saturated rings. The summed E-state index contributed by atoms with van der Waals surface area (Å²) in [6, 6.07) is 20.0. The first-order valence-corrected chi connectivity index (χ1v) is 13.3. The Morgan fingerprint density at radius 3 is 2.22 bits per heavy atom. The van der Waals surface area contributed by atoms with Crippen LogP contribution < -0.4 is 4.74 Å². The number of nitrogens with zero attached hydrogens (tertiary/aromatic N) is 3. The third-order valence-corrected chi connectivity index (χ3v) is 8.09. The number of rotatable bonds is 8. The van der Waals surface area contributed by atoms with Crippen LogP contribution in [0, 0.1) is 11.3 Å². The lowest BCUT2D eigenvalue weighted by Gasteiger charge is -2.36. The Kier molecular flexibility index (Phi) is 7.71. The van der Waals surface area contributed by atoms with E-state index in [4.69, 9.17) is 4.74 Å². The fourth-order valence-electron chi connectivity index (χ4n) is 5.66. The molecule has 2 aromatic rings. The molecule has 2 saturated heterocycles. The third-order valence-electron chi connectivity index (χ3n) is 8.09. The van der Waals surface area contributed by atoms with Crippen LogP contribution in [0.4, 0.5) is 0 Å². The highest BCUT2D eigenvalue weighted by Gasteiger charge is 2.59. The Labute approximate surface area is 214 Å². The van der Waals surface area contributed by atoms with Crippen LogP contribution in [0.15, 0.2) is 66.7 Å². The highest BCUT2D eigenvalue weighted by molar-refractivity contribution is 5.83. The average Bonchev–Trinajstić information content (AvgIpc) is 3.63. The van der Waals surface area contributed by atoms with Gasteiger partial charge in [0.2, 0.25) is 11.8 Å². The Morgan fingerprint density at radius 1 is 0.861 bits per heavy atom. The molecule has 0 N–H and O–H groups in total. The van der Waals surface area contributed by atoms with E-state index in [9.17, 15) is 9.59 Å². The molecular weight excluding hydrogens is 450 g/mol. The molecule has 2 aromatic carbocycles. The molecule has 36 heavy (non-hydrogen) atoms. The molecule has 2 heterocycles. The van der Waals surface area contributed by atoms with E-state index in [1.807, 2.05) is 41.3 Å². The van der Waals surface area contributed by atoms with E-state index in [2.05, 4.69) is 46.2 Å². The SMILES string of the molecule is O=C(CCOc1ccccc1)N1CCC2(CC1)CC2C(=O)N1CCN(CC=Cc2ccccc2)CC1. The molecule has 2 amide bonds. The zero-order chi connectivity index (χ0) is 24.8. The normalized spacial score (nSPS) is 21.6. The molecule has 1 spiro atoms. The number of amides is 2. The maximum absolute atomic E-state index is 13.2. The predicted molar refractivity (Wildman–Crippen MR) is 141 cm³/mol. The number of para-hydroxylation sites is 1. The molecule has 6 heteroatoms. The van der Waals surface area contributed by atoms with Crippen molar-refractivity contribution >= 4 is 17.9 Å². The number of carbonyl (C=O) groups is 2. The standard InChI is InChI=1S/C30H37N3O3/c34-28(13-23-36-26-11-5-2-6-12-26)32-17-14-30(15-18-32)24-27(30)29(35)33-21-19-31(20-22-33)16-7-10-25-8-3-1-4-9-25/h1-12,27H,13-24H2. The van der Waals surface area contributed by atoms with Gasteiger partial charge in [0.15, 0.2) is 0 Å². The number of hydrogen-bond donors (Lipinski definition) is 0. The van der Waals surface area contributed by atoms with E-state index < -0.39 is 0 Å². The first-order chi connectivity index (χ1) is 17.6. The second-order valence-electron chi connectivity index (χ2n) is 10.4. The van der Waals surface area contributed by atoms with Crippen molar-refractivity contribution < 1.29 is 14.3 Å². The van der Waals surface area contributed by atoms with Crippen molar-refractivity contribution in [3.05, 3.63) is 72.3 Å². The average molecular weight is 488 g/mol. The number of piperazine rings is 1.